The first-order chi connectivity index (χ1) is 11.1. The maximum Gasteiger partial charge on any atom is 0.430 e. The van der Waals surface area contributed by atoms with E-state index >= 15 is 0 Å². The first-order valence-corrected chi connectivity index (χ1v) is 7.32. The van der Waals surface area contributed by atoms with E-state index in [-0.39, 0.29) is 6.61 Å². The Hall–Kier alpha value is -2.77. The number of ether oxygens (including phenoxy) is 2. The van der Waals surface area contributed by atoms with Gasteiger partial charge in [-0.05, 0) is 33.3 Å². The third-order valence-electron chi connectivity index (χ3n) is 2.76. The van der Waals surface area contributed by atoms with Gasteiger partial charge in [0.1, 0.15) is 12.2 Å². The topological polar surface area (TPSA) is 105 Å². The molecule has 1 aromatic rings. The predicted molar refractivity (Wildman–Crippen MR) is 84.9 cm³/mol. The number of carbonyl (C=O) groups is 3. The molecule has 0 radical (unpaired) electrons. The summed E-state index contributed by atoms with van der Waals surface area (Å²) in [6.07, 6.45) is -1.95. The van der Waals surface area contributed by atoms with E-state index in [0.29, 0.717) is 5.01 Å². The normalized spacial score (nSPS) is 12.0. The van der Waals surface area contributed by atoms with Gasteiger partial charge in [-0.1, -0.05) is 30.3 Å². The average molecular weight is 338 g/mol. The highest BCUT2D eigenvalue weighted by atomic mass is 16.6. The Morgan fingerprint density at radius 3 is 2.29 bits per heavy atom. The Labute approximate surface area is 140 Å². The molecule has 0 saturated carbocycles. The van der Waals surface area contributed by atoms with Crippen LogP contribution in [0.1, 0.15) is 33.3 Å². The van der Waals surface area contributed by atoms with Crippen molar-refractivity contribution in [3.63, 3.8) is 0 Å². The summed E-state index contributed by atoms with van der Waals surface area (Å²) < 4.78 is 10.1. The minimum atomic E-state index is -1.33. The molecule has 0 aliphatic heterocycles. The van der Waals surface area contributed by atoms with Crippen LogP contribution in [0.3, 0.4) is 0 Å². The third-order valence-corrected chi connectivity index (χ3v) is 2.76. The van der Waals surface area contributed by atoms with Gasteiger partial charge in [0.05, 0.1) is 0 Å². The number of hydrazine groups is 1. The van der Waals surface area contributed by atoms with Gasteiger partial charge in [-0.15, -0.1) is 0 Å². The second-order valence-electron chi connectivity index (χ2n) is 6.04. The maximum atomic E-state index is 12.1. The fourth-order valence-electron chi connectivity index (χ4n) is 1.58. The van der Waals surface area contributed by atoms with Crippen LogP contribution in [-0.4, -0.2) is 39.9 Å². The molecular formula is C16H22N2O6. The number of amides is 2. The first kappa shape index (κ1) is 19.3. The van der Waals surface area contributed by atoms with Crippen LogP contribution in [-0.2, 0) is 20.9 Å². The van der Waals surface area contributed by atoms with E-state index < -0.39 is 29.8 Å². The summed E-state index contributed by atoms with van der Waals surface area (Å²) in [5, 5.41) is 9.66. The highest BCUT2D eigenvalue weighted by molar-refractivity contribution is 5.81. The zero-order valence-electron chi connectivity index (χ0n) is 14.1. The zero-order chi connectivity index (χ0) is 18.3. The quantitative estimate of drug-likeness (QED) is 0.817. The van der Waals surface area contributed by atoms with Gasteiger partial charge < -0.3 is 14.6 Å². The number of carboxylic acids is 1. The van der Waals surface area contributed by atoms with Gasteiger partial charge >= 0.3 is 18.2 Å². The van der Waals surface area contributed by atoms with Crippen LogP contribution in [0.15, 0.2) is 30.3 Å². The highest BCUT2D eigenvalue weighted by Gasteiger charge is 2.31. The lowest BCUT2D eigenvalue weighted by molar-refractivity contribution is -0.143. The molecule has 0 spiro atoms. The number of nitrogens with zero attached hydrogens (tertiary/aromatic N) is 1. The third kappa shape index (κ3) is 6.55. The van der Waals surface area contributed by atoms with Crippen molar-refractivity contribution in [2.45, 2.75) is 45.9 Å². The summed E-state index contributed by atoms with van der Waals surface area (Å²) in [7, 11) is 0. The Bertz CT molecular complexity index is 582. The molecule has 0 aromatic heterocycles. The summed E-state index contributed by atoms with van der Waals surface area (Å²) >= 11 is 0. The molecule has 0 fully saturated rings. The van der Waals surface area contributed by atoms with Gasteiger partial charge in [-0.3, -0.25) is 0 Å². The van der Waals surface area contributed by atoms with E-state index in [4.69, 9.17) is 14.6 Å². The van der Waals surface area contributed by atoms with Crippen LogP contribution in [0, 0.1) is 0 Å². The van der Waals surface area contributed by atoms with Crippen LogP contribution < -0.4 is 5.43 Å². The van der Waals surface area contributed by atoms with Gasteiger partial charge in [0.2, 0.25) is 0 Å². The van der Waals surface area contributed by atoms with E-state index in [9.17, 15) is 14.4 Å². The fourth-order valence-corrected chi connectivity index (χ4v) is 1.58. The van der Waals surface area contributed by atoms with E-state index in [1.165, 1.54) is 6.92 Å². The summed E-state index contributed by atoms with van der Waals surface area (Å²) in [5.41, 5.74) is 2.02. The lowest BCUT2D eigenvalue weighted by atomic mass is 10.2. The van der Waals surface area contributed by atoms with Crippen molar-refractivity contribution in [3.8, 4) is 0 Å². The molecule has 0 heterocycles. The molecule has 0 aliphatic rings. The molecule has 1 aromatic carbocycles. The van der Waals surface area contributed by atoms with E-state index in [1.807, 2.05) is 6.07 Å². The van der Waals surface area contributed by atoms with Crippen LogP contribution in [0.5, 0.6) is 0 Å². The number of carbonyl (C=O) groups excluding carboxylic acids is 2. The Kier molecular flexibility index (Phi) is 6.58. The number of benzene rings is 1. The minimum absolute atomic E-state index is 0.0176. The Morgan fingerprint density at radius 2 is 1.79 bits per heavy atom. The lowest BCUT2D eigenvalue weighted by Gasteiger charge is -2.29. The van der Waals surface area contributed by atoms with Crippen LogP contribution in [0.25, 0.3) is 0 Å². The molecule has 8 heteroatoms. The summed E-state index contributed by atoms with van der Waals surface area (Å²) in [6, 6.07) is 7.59. The van der Waals surface area contributed by atoms with Crippen molar-refractivity contribution in [2.24, 2.45) is 0 Å². The van der Waals surface area contributed by atoms with Crippen molar-refractivity contribution in [1.29, 1.82) is 0 Å². The summed E-state index contributed by atoms with van der Waals surface area (Å²) in [6.45, 7) is 6.10. The lowest BCUT2D eigenvalue weighted by Crippen LogP contribution is -2.55. The van der Waals surface area contributed by atoms with E-state index in [0.717, 1.165) is 5.56 Å². The summed E-state index contributed by atoms with van der Waals surface area (Å²) in [5.74, 6) is -1.30. The average Bonchev–Trinajstić information content (AvgIpc) is 2.49. The maximum absolute atomic E-state index is 12.1. The summed E-state index contributed by atoms with van der Waals surface area (Å²) in [4.78, 5) is 35.1. The van der Waals surface area contributed by atoms with Crippen molar-refractivity contribution < 1.29 is 29.0 Å². The molecular weight excluding hydrogens is 316 g/mol. The van der Waals surface area contributed by atoms with Gasteiger partial charge in [0.15, 0.2) is 6.04 Å². The first-order valence-electron chi connectivity index (χ1n) is 7.32. The fraction of sp³-hybridized carbons (Fsp3) is 0.438. The number of aliphatic carboxylic acids is 1. The molecule has 132 valence electrons. The molecule has 0 saturated heterocycles. The second-order valence-corrected chi connectivity index (χ2v) is 6.04. The molecule has 0 bridgehead atoms. The number of rotatable bonds is 4. The monoisotopic (exact) mass is 338 g/mol. The van der Waals surface area contributed by atoms with Crippen LogP contribution in [0.4, 0.5) is 9.59 Å². The van der Waals surface area contributed by atoms with Crippen molar-refractivity contribution in [1.82, 2.24) is 10.4 Å². The van der Waals surface area contributed by atoms with Gasteiger partial charge in [0, 0.05) is 0 Å². The van der Waals surface area contributed by atoms with Crippen LogP contribution >= 0.6 is 0 Å². The molecule has 0 aliphatic carbocycles. The number of nitrogens with one attached hydrogen (secondary N) is 1. The molecule has 1 rings (SSSR count). The van der Waals surface area contributed by atoms with Crippen molar-refractivity contribution >= 4 is 18.2 Å². The number of carboxylic acid groups (broad SMARTS) is 1. The van der Waals surface area contributed by atoms with Crippen molar-refractivity contribution in [2.75, 3.05) is 0 Å². The molecule has 8 nitrogen and oxygen atoms in total. The molecule has 2 amide bonds. The smallest absolute Gasteiger partial charge is 0.430 e. The Balaban J connectivity index is 2.71. The largest absolute Gasteiger partial charge is 0.480 e. The Morgan fingerprint density at radius 1 is 1.21 bits per heavy atom. The van der Waals surface area contributed by atoms with Gasteiger partial charge in [0.25, 0.3) is 0 Å². The van der Waals surface area contributed by atoms with Gasteiger partial charge in [-0.2, -0.15) is 0 Å². The molecule has 1 atom stereocenters. The molecule has 2 N–H and O–H groups in total. The predicted octanol–water partition coefficient (Wildman–Crippen LogP) is 2.54. The number of hydrogen-bond acceptors (Lipinski definition) is 5. The standard InChI is InChI=1S/C16H22N2O6/c1-11(13(19)20)18(15(22)24-16(2,3)4)17-14(21)23-10-12-8-6-5-7-9-12/h5-9,11H,10H2,1-4H3,(H,17,21)(H,19,20)/t11-/m1/s1. The van der Waals surface area contributed by atoms with Crippen molar-refractivity contribution in [3.05, 3.63) is 35.9 Å². The minimum Gasteiger partial charge on any atom is -0.480 e. The molecule has 24 heavy (non-hydrogen) atoms. The number of hydrogen-bond donors (Lipinski definition) is 2. The van der Waals surface area contributed by atoms with E-state index in [1.54, 1.807) is 45.0 Å². The van der Waals surface area contributed by atoms with Gasteiger partial charge in [-0.25, -0.2) is 24.8 Å². The highest BCUT2D eigenvalue weighted by Crippen LogP contribution is 2.11. The second kappa shape index (κ2) is 8.19. The SMILES string of the molecule is C[C@H](C(=O)O)N(NC(=O)OCc1ccccc1)C(=O)OC(C)(C)C. The van der Waals surface area contributed by atoms with E-state index in [2.05, 4.69) is 5.43 Å². The molecule has 0 unspecified atom stereocenters. The van der Waals surface area contributed by atoms with Crippen LogP contribution in [0.2, 0.25) is 0 Å². The zero-order valence-corrected chi connectivity index (χ0v) is 14.1.